The minimum absolute atomic E-state index is 0.0246. The summed E-state index contributed by atoms with van der Waals surface area (Å²) in [6, 6.07) is 21.5. The summed E-state index contributed by atoms with van der Waals surface area (Å²) in [5.74, 6) is -11.4. The molecule has 4 aromatic rings. The van der Waals surface area contributed by atoms with Crippen LogP contribution < -0.4 is 29.1 Å². The molecule has 1 unspecified atom stereocenters. The maximum absolute atomic E-state index is 13.5. The number of carbonyl (C=O) groups excluding carboxylic acids is 4. The van der Waals surface area contributed by atoms with E-state index in [0.29, 0.717) is 22.3 Å². The van der Waals surface area contributed by atoms with Gasteiger partial charge in [0.25, 0.3) is 5.95 Å². The van der Waals surface area contributed by atoms with Crippen molar-refractivity contribution in [3.8, 4) is 68.6 Å². The van der Waals surface area contributed by atoms with E-state index in [1.54, 1.807) is 12.1 Å². The zero-order chi connectivity index (χ0) is 91.4. The lowest BCUT2D eigenvalue weighted by Crippen LogP contribution is -2.60. The highest BCUT2D eigenvalue weighted by molar-refractivity contribution is 6.01. The first-order chi connectivity index (χ1) is 60.5. The number of esters is 3. The zero-order valence-corrected chi connectivity index (χ0v) is 65.9. The molecule has 0 amide bonds. The SMILES string of the molecule is O=C1C=CC(=CC=C(O)OC[C@H]2O[C@@H](Oc3ccc(/C=C/C(=O)OC[C@H]4O[C@@H](Oc5cc(-c6oc7cc(O)cc(=O)c-7cc6O[C@@H]6O[C@H](COC(=O)CC(=O)O)[C@@H](O)[C@H](O)[C@H]6O)cc(O[C@@H]6O[C@H](COC(=O)/C=C/c7ccc(O[C@@H]8O[C@H](COC(O)C=Cc9ccc(O)cc9)[C@@H](O)[C@H](O)[C@H]8O)cc7)[C@@H](O)[C@H](O)[C@H]6O)c5O)[C@H](O)[C@@H](O)[C@@H]4O)cc3)[C@H](O)[C@@H](O)[C@@H]2O)C=C1. The van der Waals surface area contributed by atoms with Crippen molar-refractivity contribution in [2.75, 3.05) is 33.0 Å². The van der Waals surface area contributed by atoms with Crippen LogP contribution >= 0.6 is 0 Å². The Morgan fingerprint density at radius 3 is 1.24 bits per heavy atom. The molecule has 12 rings (SSSR count). The molecule has 6 heterocycles. The van der Waals surface area contributed by atoms with Gasteiger partial charge in [0.1, 0.15) is 184 Å². The second kappa shape index (κ2) is 42.2. The number of allylic oxidation sites excluding steroid dienone is 7. The zero-order valence-electron chi connectivity index (χ0n) is 65.9. The van der Waals surface area contributed by atoms with E-state index in [4.69, 9.17) is 80.6 Å². The van der Waals surface area contributed by atoms with Crippen molar-refractivity contribution < 1.29 is 207 Å². The number of ether oxygens (including phenoxy) is 15. The highest BCUT2D eigenvalue weighted by Gasteiger charge is 2.51. The van der Waals surface area contributed by atoms with Crippen molar-refractivity contribution in [2.24, 2.45) is 0 Å². The van der Waals surface area contributed by atoms with E-state index in [-0.39, 0.29) is 23.0 Å². The van der Waals surface area contributed by atoms with Crippen LogP contribution in [-0.4, -0.2) is 330 Å². The van der Waals surface area contributed by atoms with Crippen LogP contribution in [0.2, 0.25) is 0 Å². The van der Waals surface area contributed by atoms with E-state index < -0.39 is 286 Å². The number of hydrogen-bond acceptors (Lipinski definition) is 42. The molecule has 21 N–H and O–H groups in total. The van der Waals surface area contributed by atoms with Gasteiger partial charge in [0.2, 0.25) is 37.2 Å². The van der Waals surface area contributed by atoms with E-state index in [2.05, 4.69) is 0 Å². The molecular formula is C84H88O43. The molecule has 4 aromatic carbocycles. The van der Waals surface area contributed by atoms with Gasteiger partial charge in [-0.3, -0.25) is 19.2 Å². The lowest BCUT2D eigenvalue weighted by Gasteiger charge is -2.40. The Kier molecular flexibility index (Phi) is 31.3. The molecule has 2 aliphatic carbocycles. The fourth-order valence-electron chi connectivity index (χ4n) is 13.2. The molecule has 6 aliphatic heterocycles. The monoisotopic (exact) mass is 1780 g/mol. The predicted molar refractivity (Wildman–Crippen MR) is 420 cm³/mol. The topological polar surface area (TPSA) is 679 Å². The largest absolute Gasteiger partial charge is 0.508 e. The van der Waals surface area contributed by atoms with Gasteiger partial charge in [-0.25, -0.2) is 9.59 Å². The van der Waals surface area contributed by atoms with Gasteiger partial charge in [0.05, 0.1) is 12.2 Å². The summed E-state index contributed by atoms with van der Waals surface area (Å²) in [5, 5.41) is 228. The number of fused-ring (bicyclic) bond motifs is 1. The van der Waals surface area contributed by atoms with Crippen molar-refractivity contribution >= 4 is 47.9 Å². The van der Waals surface area contributed by atoms with Crippen LogP contribution in [0.15, 0.2) is 179 Å². The Labute approximate surface area is 716 Å². The van der Waals surface area contributed by atoms with E-state index >= 15 is 0 Å². The number of phenols is 3. The fourth-order valence-corrected chi connectivity index (χ4v) is 13.2. The molecule has 5 saturated heterocycles. The average Bonchev–Trinajstić information content (AvgIpc) is 0.759. The van der Waals surface area contributed by atoms with Crippen LogP contribution in [0.3, 0.4) is 0 Å². The smallest absolute Gasteiger partial charge is 0.330 e. The molecule has 0 bridgehead atoms. The number of carbonyl (C=O) groups is 5. The van der Waals surface area contributed by atoms with Gasteiger partial charge in [-0.15, -0.1) is 0 Å². The number of carboxylic acid groups (broad SMARTS) is 1. The van der Waals surface area contributed by atoms with Crippen molar-refractivity contribution in [2.45, 2.75) is 166 Å². The van der Waals surface area contributed by atoms with Crippen LogP contribution in [0.1, 0.15) is 23.1 Å². The number of carboxylic acids is 1. The van der Waals surface area contributed by atoms with Crippen LogP contribution in [0, 0.1) is 0 Å². The van der Waals surface area contributed by atoms with Gasteiger partial charge in [0.15, 0.2) is 40.5 Å². The summed E-state index contributed by atoms with van der Waals surface area (Å²) in [6.07, 6.45) is -35.7. The third-order valence-electron chi connectivity index (χ3n) is 20.2. The standard InChI is InChI=1S/C84H88O43/c85-41-13-1-36(2-14-41)9-21-58(91)112-31-52-64(97)69(102)74(107)80(123-52)117-44-17-5-38(6-18-44)11-23-60(93)114-33-54-66(99)71(104)76(109)82(125-54)120-49-25-40(79-51(29-46-47(88)27-43(87)28-48(46)119-79)122-84-78(111)73(106)68(101)56(127-84)35-116-62(95)30-57(89)90)26-50(63(49)96)121-83-77(110)72(105)67(100)55(126-83)34-115-61(94)24-12-39-7-19-45(20-8-39)118-81-75(108)70(103)65(98)53(124-81)32-113-59(92)22-10-37-3-15-42(86)16-4-37/h1-29,52-56,58,64-78,80-85,87,91-92,96-111H,30-35H2,(H,89,90)/b21-9?,23-11+,24-12+,59-22?/t52-,53-,54-,55-,56-,58?,64-,65-,66-,67-,68-,69+,70+,71+,72+,73+,74-,75-,76-,77-,78-,80-,81-,82-,83-,84-/m1/s1. The molecule has 127 heavy (non-hydrogen) atoms. The second-order valence-electron chi connectivity index (χ2n) is 29.3. The number of phenolic OH excluding ortho intramolecular Hbond substituents is 3. The van der Waals surface area contributed by atoms with Crippen molar-refractivity contribution in [1.82, 2.24) is 0 Å². The highest BCUT2D eigenvalue weighted by Crippen LogP contribution is 2.48. The quantitative estimate of drug-likeness (QED) is 0.00502. The van der Waals surface area contributed by atoms with Gasteiger partial charge in [-0.1, -0.05) is 54.6 Å². The number of ketones is 1. The van der Waals surface area contributed by atoms with Gasteiger partial charge in [-0.2, -0.15) is 0 Å². The molecule has 43 nitrogen and oxygen atoms in total. The Bertz CT molecular complexity index is 5020. The van der Waals surface area contributed by atoms with Crippen LogP contribution in [-0.2, 0) is 71.3 Å². The normalized spacial score (nSPS) is 30.7. The van der Waals surface area contributed by atoms with Crippen molar-refractivity contribution in [1.29, 1.82) is 0 Å². The maximum Gasteiger partial charge on any atom is 0.330 e. The lowest BCUT2D eigenvalue weighted by atomic mass is 9.99. The summed E-state index contributed by atoms with van der Waals surface area (Å²) in [7, 11) is 0. The molecule has 0 spiro atoms. The van der Waals surface area contributed by atoms with Gasteiger partial charge < -0.3 is 183 Å². The van der Waals surface area contributed by atoms with Crippen LogP contribution in [0.5, 0.6) is 46.0 Å². The van der Waals surface area contributed by atoms with Gasteiger partial charge >= 0.3 is 23.9 Å². The summed E-state index contributed by atoms with van der Waals surface area (Å²) >= 11 is 0. The van der Waals surface area contributed by atoms with E-state index in [1.165, 1.54) is 115 Å². The molecule has 5 fully saturated rings. The molecule has 0 radical (unpaired) electrons. The molecule has 682 valence electrons. The van der Waals surface area contributed by atoms with E-state index in [0.717, 1.165) is 48.6 Å². The van der Waals surface area contributed by atoms with Crippen molar-refractivity contribution in [3.63, 3.8) is 0 Å². The summed E-state index contributed by atoms with van der Waals surface area (Å²) < 4.78 is 90.8. The minimum Gasteiger partial charge on any atom is -0.508 e. The lowest BCUT2D eigenvalue weighted by molar-refractivity contribution is -0.284. The Morgan fingerprint density at radius 2 is 0.803 bits per heavy atom. The highest BCUT2D eigenvalue weighted by atomic mass is 16.8. The Morgan fingerprint density at radius 1 is 0.409 bits per heavy atom. The molecule has 26 atom stereocenters. The molecular weight excluding hydrogens is 1700 g/mol. The number of aliphatic hydroxyl groups excluding tert-OH is 17. The first-order valence-corrected chi connectivity index (χ1v) is 38.7. The minimum atomic E-state index is -2.31. The number of hydrogen-bond donors (Lipinski definition) is 21. The molecule has 43 heteroatoms. The summed E-state index contributed by atoms with van der Waals surface area (Å²) in [6.45, 7) is -3.82. The van der Waals surface area contributed by atoms with E-state index in [1.807, 2.05) is 0 Å². The number of aromatic hydroxyl groups is 3. The Balaban J connectivity index is 0.742. The van der Waals surface area contributed by atoms with Crippen molar-refractivity contribution in [3.05, 3.63) is 196 Å². The summed E-state index contributed by atoms with van der Waals surface area (Å²) in [4.78, 5) is 75.1. The number of aliphatic hydroxyl groups is 17. The third kappa shape index (κ3) is 23.9. The average molecular weight is 1790 g/mol. The van der Waals surface area contributed by atoms with Crippen LogP contribution in [0.25, 0.3) is 40.9 Å². The van der Waals surface area contributed by atoms with Gasteiger partial charge in [0, 0.05) is 35.9 Å². The van der Waals surface area contributed by atoms with Gasteiger partial charge in [-0.05, 0) is 113 Å². The van der Waals surface area contributed by atoms with Crippen LogP contribution in [0.4, 0.5) is 0 Å². The Hall–Kier alpha value is -11.8. The fraction of sp³-hybridized carbons (Fsp3) is 0.381. The number of aliphatic carboxylic acids is 1. The predicted octanol–water partition coefficient (Wildman–Crippen LogP) is -2.92. The molecule has 0 saturated carbocycles. The second-order valence-corrected chi connectivity index (χ2v) is 29.3. The number of benzene rings is 5. The summed E-state index contributed by atoms with van der Waals surface area (Å²) in [5.41, 5.74) is -0.0423. The maximum atomic E-state index is 13.5. The van der Waals surface area contributed by atoms with E-state index in [9.17, 15) is 131 Å². The first kappa shape index (κ1) is 94.3. The third-order valence-corrected chi connectivity index (χ3v) is 20.2. The molecule has 8 aliphatic rings. The number of rotatable bonds is 32. The molecule has 0 aromatic heterocycles. The first-order valence-electron chi connectivity index (χ1n) is 38.7.